The fourth-order valence-electron chi connectivity index (χ4n) is 4.02. The van der Waals surface area contributed by atoms with Gasteiger partial charge in [0.25, 0.3) is 0 Å². The minimum absolute atomic E-state index is 0.382. The molecule has 0 bridgehead atoms. The summed E-state index contributed by atoms with van der Waals surface area (Å²) in [5.41, 5.74) is 7.41. The summed E-state index contributed by atoms with van der Waals surface area (Å²) in [6, 6.07) is 15.6. The summed E-state index contributed by atoms with van der Waals surface area (Å²) in [6.45, 7) is 1.99. The molecular formula is C22H20N4. The molecule has 0 spiro atoms. The zero-order valence-corrected chi connectivity index (χ0v) is 14.7. The van der Waals surface area contributed by atoms with Gasteiger partial charge in [-0.05, 0) is 47.3 Å². The molecule has 1 N–H and O–H groups in total. The minimum Gasteiger partial charge on any atom is -0.361 e. The van der Waals surface area contributed by atoms with Crippen LogP contribution in [-0.2, 0) is 6.54 Å². The average molecular weight is 340 g/mol. The highest BCUT2D eigenvalue weighted by molar-refractivity contribution is 5.80. The summed E-state index contributed by atoms with van der Waals surface area (Å²) in [5, 5.41) is 1.26. The van der Waals surface area contributed by atoms with Crippen LogP contribution in [-0.4, -0.2) is 33.4 Å². The summed E-state index contributed by atoms with van der Waals surface area (Å²) in [4.78, 5) is 14.4. The molecule has 0 fully saturated rings. The van der Waals surface area contributed by atoms with Gasteiger partial charge in [0.05, 0.1) is 11.9 Å². The van der Waals surface area contributed by atoms with Crippen molar-refractivity contribution in [3.63, 3.8) is 0 Å². The van der Waals surface area contributed by atoms with Crippen LogP contribution in [0.5, 0.6) is 0 Å². The maximum Gasteiger partial charge on any atom is 0.0885 e. The van der Waals surface area contributed by atoms with Crippen molar-refractivity contribution < 1.29 is 0 Å². The first-order valence-electron chi connectivity index (χ1n) is 8.93. The molecule has 2 aromatic heterocycles. The number of likely N-dealkylation sites (N-methyl/N-ethyl adjacent to an activating group) is 1. The lowest BCUT2D eigenvalue weighted by Crippen LogP contribution is -2.31. The van der Waals surface area contributed by atoms with Crippen LogP contribution in [0.4, 0.5) is 0 Å². The molecule has 1 unspecified atom stereocenters. The summed E-state index contributed by atoms with van der Waals surface area (Å²) >= 11 is 0. The van der Waals surface area contributed by atoms with Gasteiger partial charge in [-0.25, -0.2) is 0 Å². The van der Waals surface area contributed by atoms with Crippen molar-refractivity contribution in [2.75, 3.05) is 13.6 Å². The minimum atomic E-state index is 0.382. The number of aromatic nitrogens is 3. The summed E-state index contributed by atoms with van der Waals surface area (Å²) in [5.74, 6) is 0.382. The van der Waals surface area contributed by atoms with Crippen molar-refractivity contribution in [2.45, 2.75) is 12.5 Å². The first-order valence-corrected chi connectivity index (χ1v) is 8.93. The maximum absolute atomic E-state index is 4.44. The van der Waals surface area contributed by atoms with Crippen LogP contribution in [0, 0.1) is 0 Å². The fourth-order valence-corrected chi connectivity index (χ4v) is 4.02. The van der Waals surface area contributed by atoms with Crippen molar-refractivity contribution in [1.29, 1.82) is 0 Å². The van der Waals surface area contributed by atoms with E-state index in [-0.39, 0.29) is 0 Å². The fraction of sp³-hybridized carbons (Fsp3) is 0.182. The number of hydrogen-bond acceptors (Lipinski definition) is 3. The Morgan fingerprint density at radius 2 is 2.04 bits per heavy atom. The Hall–Kier alpha value is -2.98. The van der Waals surface area contributed by atoms with E-state index in [4.69, 9.17) is 0 Å². The molecule has 128 valence electrons. The second-order valence-corrected chi connectivity index (χ2v) is 7.08. The van der Waals surface area contributed by atoms with E-state index in [9.17, 15) is 0 Å². The molecular weight excluding hydrogens is 320 g/mol. The molecule has 26 heavy (non-hydrogen) atoms. The van der Waals surface area contributed by atoms with Crippen LogP contribution in [0.2, 0.25) is 0 Å². The Balaban J connectivity index is 1.59. The molecule has 5 rings (SSSR count). The van der Waals surface area contributed by atoms with Crippen molar-refractivity contribution in [3.05, 3.63) is 83.9 Å². The van der Waals surface area contributed by atoms with E-state index >= 15 is 0 Å². The predicted octanol–water partition coefficient (Wildman–Crippen LogP) is 4.20. The van der Waals surface area contributed by atoms with E-state index in [2.05, 4.69) is 69.4 Å². The molecule has 4 heteroatoms. The quantitative estimate of drug-likeness (QED) is 0.595. The van der Waals surface area contributed by atoms with Crippen molar-refractivity contribution in [3.8, 4) is 11.3 Å². The molecule has 1 aliphatic heterocycles. The number of fused-ring (bicyclic) bond motifs is 2. The molecule has 1 aliphatic rings. The maximum atomic E-state index is 4.44. The molecule has 0 aliphatic carbocycles. The summed E-state index contributed by atoms with van der Waals surface area (Å²) in [6.07, 6.45) is 7.28. The van der Waals surface area contributed by atoms with Gasteiger partial charge < -0.3 is 9.88 Å². The number of aromatic amines is 1. The number of benzene rings is 2. The van der Waals surface area contributed by atoms with Gasteiger partial charge in [0.15, 0.2) is 0 Å². The van der Waals surface area contributed by atoms with Gasteiger partial charge in [-0.3, -0.25) is 9.97 Å². The topological polar surface area (TPSA) is 44.8 Å². The van der Waals surface area contributed by atoms with Gasteiger partial charge in [0, 0.05) is 48.7 Å². The molecule has 1 atom stereocenters. The smallest absolute Gasteiger partial charge is 0.0885 e. The van der Waals surface area contributed by atoms with Crippen molar-refractivity contribution >= 4 is 10.9 Å². The first kappa shape index (κ1) is 15.3. The Labute approximate surface area is 152 Å². The Morgan fingerprint density at radius 3 is 2.92 bits per heavy atom. The molecule has 3 heterocycles. The van der Waals surface area contributed by atoms with Crippen LogP contribution in [0.15, 0.2) is 67.3 Å². The van der Waals surface area contributed by atoms with Gasteiger partial charge in [-0.2, -0.15) is 0 Å². The molecule has 0 amide bonds. The number of nitrogens with one attached hydrogen (secondary N) is 1. The second-order valence-electron chi connectivity index (χ2n) is 7.08. The average Bonchev–Trinajstić information content (AvgIpc) is 3.15. The van der Waals surface area contributed by atoms with Gasteiger partial charge in [0.2, 0.25) is 0 Å². The Bertz CT molecular complexity index is 1070. The normalized spacial score (nSPS) is 17.3. The van der Waals surface area contributed by atoms with E-state index in [1.54, 1.807) is 12.4 Å². The Kier molecular flexibility index (Phi) is 3.57. The highest BCUT2D eigenvalue weighted by atomic mass is 15.1. The number of H-pyrrole nitrogens is 1. The Morgan fingerprint density at radius 1 is 1.08 bits per heavy atom. The van der Waals surface area contributed by atoms with E-state index in [1.165, 1.54) is 27.6 Å². The number of rotatable bonds is 2. The highest BCUT2D eigenvalue weighted by Gasteiger charge is 2.25. The van der Waals surface area contributed by atoms with Gasteiger partial charge >= 0.3 is 0 Å². The number of hydrogen-bond donors (Lipinski definition) is 1. The third-order valence-electron chi connectivity index (χ3n) is 5.29. The standard InChI is InChI=1S/C22H20N4/c1-26-13-18-10-17(22-12-23-8-9-25-22)4-5-19(18)20(14-26)16-3-2-15-6-7-24-21(15)11-16/h2-12,20,24H,13-14H2,1H3. The zero-order valence-electron chi connectivity index (χ0n) is 14.7. The second kappa shape index (κ2) is 6.07. The molecule has 0 saturated heterocycles. The molecule has 0 radical (unpaired) electrons. The molecule has 2 aromatic carbocycles. The van der Waals surface area contributed by atoms with Crippen LogP contribution >= 0.6 is 0 Å². The zero-order chi connectivity index (χ0) is 17.5. The highest BCUT2D eigenvalue weighted by Crippen LogP contribution is 2.35. The SMILES string of the molecule is CN1Cc2cc(-c3cnccn3)ccc2C(c2ccc3cc[nH]c3c2)C1. The van der Waals surface area contributed by atoms with Crippen LogP contribution in [0.25, 0.3) is 22.2 Å². The van der Waals surface area contributed by atoms with Gasteiger partial charge in [-0.1, -0.05) is 24.3 Å². The third-order valence-corrected chi connectivity index (χ3v) is 5.29. The lowest BCUT2D eigenvalue weighted by Gasteiger charge is -2.33. The molecule has 0 saturated carbocycles. The van der Waals surface area contributed by atoms with E-state index < -0.39 is 0 Å². The van der Waals surface area contributed by atoms with Gasteiger partial charge in [0.1, 0.15) is 0 Å². The van der Waals surface area contributed by atoms with Crippen LogP contribution in [0.1, 0.15) is 22.6 Å². The van der Waals surface area contributed by atoms with Gasteiger partial charge in [-0.15, -0.1) is 0 Å². The lowest BCUT2D eigenvalue weighted by molar-refractivity contribution is 0.295. The van der Waals surface area contributed by atoms with Crippen molar-refractivity contribution in [1.82, 2.24) is 19.9 Å². The molecule has 4 nitrogen and oxygen atoms in total. The van der Waals surface area contributed by atoms with Crippen LogP contribution in [0.3, 0.4) is 0 Å². The summed E-state index contributed by atoms with van der Waals surface area (Å²) in [7, 11) is 2.19. The van der Waals surface area contributed by atoms with E-state index in [0.29, 0.717) is 5.92 Å². The lowest BCUT2D eigenvalue weighted by atomic mass is 9.83. The number of nitrogens with zero attached hydrogens (tertiary/aromatic N) is 3. The van der Waals surface area contributed by atoms with E-state index in [1.807, 2.05) is 12.4 Å². The van der Waals surface area contributed by atoms with E-state index in [0.717, 1.165) is 24.3 Å². The monoisotopic (exact) mass is 340 g/mol. The molecule has 4 aromatic rings. The summed E-state index contributed by atoms with van der Waals surface area (Å²) < 4.78 is 0. The predicted molar refractivity (Wildman–Crippen MR) is 104 cm³/mol. The third kappa shape index (κ3) is 2.59. The van der Waals surface area contributed by atoms with Crippen molar-refractivity contribution in [2.24, 2.45) is 0 Å². The first-order chi connectivity index (χ1) is 12.8. The largest absolute Gasteiger partial charge is 0.361 e. The van der Waals surface area contributed by atoms with Crippen LogP contribution < -0.4 is 0 Å².